The summed E-state index contributed by atoms with van der Waals surface area (Å²) in [6.07, 6.45) is -0.338. The summed E-state index contributed by atoms with van der Waals surface area (Å²) in [7, 11) is -3.51. The number of sulfone groups is 1. The van der Waals surface area contributed by atoms with E-state index in [-0.39, 0.29) is 54.6 Å². The summed E-state index contributed by atoms with van der Waals surface area (Å²) >= 11 is 0. The molecule has 2 heterocycles. The second kappa shape index (κ2) is 8.42. The number of carbonyl (C=O) groups excluding carboxylic acids is 1. The first-order valence-corrected chi connectivity index (χ1v) is 11.1. The standard InChI is InChI=1S/C19H26F2N2O4S/c1-2-27-13-15-10-19(20,21)14-23(15)16-11-22(12-16)18(24)8-9-28(25,26)17-6-4-3-5-7-17/h3-7,15-16H,2,8-14H2,1H3/t15-/m0/s1. The minimum absolute atomic E-state index is 0.109. The highest BCUT2D eigenvalue weighted by atomic mass is 32.2. The summed E-state index contributed by atoms with van der Waals surface area (Å²) in [5, 5.41) is 0. The third-order valence-corrected chi connectivity index (χ3v) is 7.03. The Labute approximate surface area is 164 Å². The van der Waals surface area contributed by atoms with Gasteiger partial charge in [-0.25, -0.2) is 17.2 Å². The van der Waals surface area contributed by atoms with Crippen molar-refractivity contribution in [3.8, 4) is 0 Å². The molecule has 0 saturated carbocycles. The van der Waals surface area contributed by atoms with Crippen molar-refractivity contribution < 1.29 is 26.7 Å². The van der Waals surface area contributed by atoms with Gasteiger partial charge in [0.15, 0.2) is 9.84 Å². The largest absolute Gasteiger partial charge is 0.380 e. The van der Waals surface area contributed by atoms with Gasteiger partial charge in [0.1, 0.15) is 0 Å². The van der Waals surface area contributed by atoms with Gasteiger partial charge in [-0.15, -0.1) is 0 Å². The molecule has 0 bridgehead atoms. The number of benzene rings is 1. The molecule has 1 aromatic rings. The zero-order chi connectivity index (χ0) is 20.4. The number of hydrogen-bond acceptors (Lipinski definition) is 5. The number of halogens is 2. The first kappa shape index (κ1) is 21.1. The molecule has 0 unspecified atom stereocenters. The fraction of sp³-hybridized carbons (Fsp3) is 0.632. The normalized spacial score (nSPS) is 23.0. The molecule has 28 heavy (non-hydrogen) atoms. The maximum absolute atomic E-state index is 13.8. The van der Waals surface area contributed by atoms with Crippen LogP contribution in [0.15, 0.2) is 35.2 Å². The molecular weight excluding hydrogens is 390 g/mol. The summed E-state index contributed by atoms with van der Waals surface area (Å²) in [5.74, 6) is -3.26. The van der Waals surface area contributed by atoms with Gasteiger partial charge >= 0.3 is 0 Å². The summed E-state index contributed by atoms with van der Waals surface area (Å²) < 4.78 is 57.5. The second-order valence-electron chi connectivity index (χ2n) is 7.38. The molecule has 2 aliphatic heterocycles. The van der Waals surface area contributed by atoms with Crippen molar-refractivity contribution in [1.82, 2.24) is 9.80 Å². The van der Waals surface area contributed by atoms with Crippen LogP contribution in [0.5, 0.6) is 0 Å². The van der Waals surface area contributed by atoms with Gasteiger partial charge in [0, 0.05) is 44.6 Å². The summed E-state index contributed by atoms with van der Waals surface area (Å²) in [6.45, 7) is 2.93. The van der Waals surface area contributed by atoms with Crippen LogP contribution in [0.4, 0.5) is 8.78 Å². The maximum atomic E-state index is 13.8. The summed E-state index contributed by atoms with van der Waals surface area (Å²) in [5.41, 5.74) is 0. The zero-order valence-electron chi connectivity index (χ0n) is 15.9. The van der Waals surface area contributed by atoms with Crippen molar-refractivity contribution in [2.75, 3.05) is 38.6 Å². The molecule has 1 aromatic carbocycles. The van der Waals surface area contributed by atoms with Crippen molar-refractivity contribution in [3.63, 3.8) is 0 Å². The number of alkyl halides is 2. The lowest BCUT2D eigenvalue weighted by molar-refractivity contribution is -0.139. The number of hydrogen-bond donors (Lipinski definition) is 0. The predicted octanol–water partition coefficient (Wildman–Crippen LogP) is 1.81. The fourth-order valence-corrected chi connectivity index (χ4v) is 5.00. The van der Waals surface area contributed by atoms with E-state index in [1.807, 2.05) is 6.92 Å². The quantitative estimate of drug-likeness (QED) is 0.647. The molecule has 2 fully saturated rings. The Morgan fingerprint density at radius 3 is 2.57 bits per heavy atom. The third kappa shape index (κ3) is 4.87. The van der Waals surface area contributed by atoms with Crippen LogP contribution in [0.3, 0.4) is 0 Å². The van der Waals surface area contributed by atoms with Crippen LogP contribution in [-0.2, 0) is 19.4 Å². The molecule has 0 spiro atoms. The second-order valence-corrected chi connectivity index (χ2v) is 9.49. The fourth-order valence-electron chi connectivity index (χ4n) is 3.75. The highest BCUT2D eigenvalue weighted by Crippen LogP contribution is 2.35. The van der Waals surface area contributed by atoms with Gasteiger partial charge in [-0.1, -0.05) is 18.2 Å². The molecule has 156 valence electrons. The molecule has 2 aliphatic rings. The molecular formula is C19H26F2N2O4S. The maximum Gasteiger partial charge on any atom is 0.262 e. The van der Waals surface area contributed by atoms with Crippen LogP contribution < -0.4 is 0 Å². The Morgan fingerprint density at radius 2 is 1.93 bits per heavy atom. The zero-order valence-corrected chi connectivity index (χ0v) is 16.7. The summed E-state index contributed by atoms with van der Waals surface area (Å²) in [6, 6.07) is 7.53. The van der Waals surface area contributed by atoms with Crippen molar-refractivity contribution in [2.24, 2.45) is 0 Å². The third-order valence-electron chi connectivity index (χ3n) is 5.30. The van der Waals surface area contributed by atoms with Crippen LogP contribution in [0.2, 0.25) is 0 Å². The van der Waals surface area contributed by atoms with Crippen LogP contribution in [0.25, 0.3) is 0 Å². The number of likely N-dealkylation sites (tertiary alicyclic amines) is 2. The molecule has 2 saturated heterocycles. The molecule has 3 rings (SSSR count). The van der Waals surface area contributed by atoms with E-state index < -0.39 is 15.8 Å². The molecule has 1 atom stereocenters. The molecule has 6 nitrogen and oxygen atoms in total. The van der Waals surface area contributed by atoms with Gasteiger partial charge in [0.25, 0.3) is 5.92 Å². The lowest BCUT2D eigenvalue weighted by Gasteiger charge is -2.46. The van der Waals surface area contributed by atoms with E-state index in [9.17, 15) is 22.0 Å². The first-order chi connectivity index (χ1) is 13.2. The topological polar surface area (TPSA) is 66.9 Å². The minimum atomic E-state index is -3.51. The number of ether oxygens (including phenoxy) is 1. The average molecular weight is 416 g/mol. The predicted molar refractivity (Wildman–Crippen MR) is 100 cm³/mol. The monoisotopic (exact) mass is 416 g/mol. The molecule has 0 aliphatic carbocycles. The van der Waals surface area contributed by atoms with Gasteiger partial charge in [0.2, 0.25) is 5.91 Å². The van der Waals surface area contributed by atoms with Crippen LogP contribution >= 0.6 is 0 Å². The molecule has 0 aromatic heterocycles. The van der Waals surface area contributed by atoms with Crippen molar-refractivity contribution in [2.45, 2.75) is 42.7 Å². The Kier molecular flexibility index (Phi) is 6.36. The van der Waals surface area contributed by atoms with Gasteiger partial charge in [0.05, 0.1) is 23.8 Å². The van der Waals surface area contributed by atoms with Gasteiger partial charge in [-0.05, 0) is 19.1 Å². The Bertz CT molecular complexity index is 782. The van der Waals surface area contributed by atoms with Crippen LogP contribution in [0, 0.1) is 0 Å². The van der Waals surface area contributed by atoms with Gasteiger partial charge in [-0.3, -0.25) is 9.69 Å². The molecule has 0 radical (unpaired) electrons. The number of carbonyl (C=O) groups is 1. The van der Waals surface area contributed by atoms with E-state index in [1.54, 1.807) is 28.0 Å². The van der Waals surface area contributed by atoms with E-state index in [2.05, 4.69) is 0 Å². The highest BCUT2D eigenvalue weighted by Gasteiger charge is 2.50. The Balaban J connectivity index is 1.50. The smallest absolute Gasteiger partial charge is 0.262 e. The SMILES string of the molecule is CCOC[C@@H]1CC(F)(F)CN1C1CN(C(=O)CCS(=O)(=O)c2ccccc2)C1. The lowest BCUT2D eigenvalue weighted by Crippen LogP contribution is -2.62. The van der Waals surface area contributed by atoms with Crippen LogP contribution in [-0.4, -0.2) is 80.7 Å². The van der Waals surface area contributed by atoms with Crippen molar-refractivity contribution in [1.29, 1.82) is 0 Å². The molecule has 0 N–H and O–H groups in total. The van der Waals surface area contributed by atoms with Gasteiger partial charge in [-0.2, -0.15) is 0 Å². The van der Waals surface area contributed by atoms with E-state index in [0.29, 0.717) is 19.7 Å². The van der Waals surface area contributed by atoms with E-state index in [0.717, 1.165) is 0 Å². The lowest BCUT2D eigenvalue weighted by atomic mass is 10.1. The van der Waals surface area contributed by atoms with E-state index in [4.69, 9.17) is 4.74 Å². The minimum Gasteiger partial charge on any atom is -0.380 e. The average Bonchev–Trinajstić information content (AvgIpc) is 2.92. The number of nitrogens with zero attached hydrogens (tertiary/aromatic N) is 2. The summed E-state index contributed by atoms with van der Waals surface area (Å²) in [4.78, 5) is 15.8. The molecule has 9 heteroatoms. The Hall–Kier alpha value is -1.58. The van der Waals surface area contributed by atoms with E-state index >= 15 is 0 Å². The van der Waals surface area contributed by atoms with Crippen molar-refractivity contribution >= 4 is 15.7 Å². The highest BCUT2D eigenvalue weighted by molar-refractivity contribution is 7.91. The Morgan fingerprint density at radius 1 is 1.25 bits per heavy atom. The number of amides is 1. The molecule has 1 amide bonds. The first-order valence-electron chi connectivity index (χ1n) is 9.49. The van der Waals surface area contributed by atoms with Gasteiger partial charge < -0.3 is 9.64 Å². The number of rotatable bonds is 8. The van der Waals surface area contributed by atoms with Crippen LogP contribution in [0.1, 0.15) is 19.8 Å². The van der Waals surface area contributed by atoms with Crippen molar-refractivity contribution in [3.05, 3.63) is 30.3 Å². The van der Waals surface area contributed by atoms with E-state index in [1.165, 1.54) is 12.1 Å².